The molecule has 3 rings (SSSR count). The summed E-state index contributed by atoms with van der Waals surface area (Å²) in [4.78, 5) is 24.9. The summed E-state index contributed by atoms with van der Waals surface area (Å²) in [6.07, 6.45) is -4.54. The maximum atomic E-state index is 12.6. The highest BCUT2D eigenvalue weighted by molar-refractivity contribution is 8.01. The molecule has 12 heteroatoms. The maximum absolute atomic E-state index is 12.6. The standard InChI is InChI=1S/C20H19F3N2O5S2/c1-2-16-19(27)25-15-11-14(7-8-17(15)31-16)32(28,29)10-9-18(26)24-12-3-5-13(6-4-12)30-20(21,22)23/h3-8,11,16H,2,9-10H2,1H3,(H,24,26)(H,25,27)/t16-/m1/s1. The third kappa shape index (κ3) is 6.16. The number of alkyl halides is 3. The van der Waals surface area contributed by atoms with E-state index in [0.717, 1.165) is 17.0 Å². The molecule has 2 N–H and O–H groups in total. The van der Waals surface area contributed by atoms with Crippen LogP contribution in [0.5, 0.6) is 5.75 Å². The van der Waals surface area contributed by atoms with Crippen molar-refractivity contribution in [3.63, 3.8) is 0 Å². The normalized spacial score (nSPS) is 16.1. The Morgan fingerprint density at radius 1 is 1.19 bits per heavy atom. The first-order chi connectivity index (χ1) is 15.0. The fourth-order valence-electron chi connectivity index (χ4n) is 2.90. The van der Waals surface area contributed by atoms with Gasteiger partial charge in [-0.15, -0.1) is 24.9 Å². The summed E-state index contributed by atoms with van der Waals surface area (Å²) in [5, 5.41) is 4.89. The van der Waals surface area contributed by atoms with Crippen molar-refractivity contribution < 1.29 is 35.9 Å². The number of carbonyl (C=O) groups is 2. The van der Waals surface area contributed by atoms with Crippen molar-refractivity contribution in [1.29, 1.82) is 0 Å². The maximum Gasteiger partial charge on any atom is 0.573 e. The van der Waals surface area contributed by atoms with Crippen molar-refractivity contribution >= 4 is 44.8 Å². The van der Waals surface area contributed by atoms with Gasteiger partial charge in [-0.3, -0.25) is 9.59 Å². The molecule has 0 saturated carbocycles. The summed E-state index contributed by atoms with van der Waals surface area (Å²) in [5.74, 6) is -1.73. The van der Waals surface area contributed by atoms with Gasteiger partial charge < -0.3 is 15.4 Å². The number of ether oxygens (including phenoxy) is 1. The minimum Gasteiger partial charge on any atom is -0.406 e. The van der Waals surface area contributed by atoms with E-state index in [0.29, 0.717) is 12.1 Å². The third-order valence-electron chi connectivity index (χ3n) is 4.47. The Kier molecular flexibility index (Phi) is 7.03. The van der Waals surface area contributed by atoms with E-state index in [1.165, 1.54) is 36.0 Å². The number of hydrogen-bond acceptors (Lipinski definition) is 6. The molecule has 0 aromatic heterocycles. The minimum atomic E-state index is -4.82. The van der Waals surface area contributed by atoms with Gasteiger partial charge in [-0.2, -0.15) is 0 Å². The van der Waals surface area contributed by atoms with Gasteiger partial charge in [-0.1, -0.05) is 6.92 Å². The fourth-order valence-corrected chi connectivity index (χ4v) is 5.19. The van der Waals surface area contributed by atoms with Gasteiger partial charge in [0.2, 0.25) is 11.8 Å². The van der Waals surface area contributed by atoms with E-state index in [1.807, 2.05) is 6.92 Å². The molecule has 0 spiro atoms. The Morgan fingerprint density at radius 2 is 1.88 bits per heavy atom. The number of benzene rings is 2. The molecule has 1 aliphatic rings. The van der Waals surface area contributed by atoms with Crippen molar-refractivity contribution in [1.82, 2.24) is 0 Å². The Balaban J connectivity index is 1.60. The zero-order valence-corrected chi connectivity index (χ0v) is 18.4. The summed E-state index contributed by atoms with van der Waals surface area (Å²) < 4.78 is 65.5. The van der Waals surface area contributed by atoms with Gasteiger partial charge in [0, 0.05) is 17.0 Å². The largest absolute Gasteiger partial charge is 0.573 e. The Bertz CT molecular complexity index is 1120. The number of carbonyl (C=O) groups excluding carboxylic acids is 2. The van der Waals surface area contributed by atoms with E-state index in [9.17, 15) is 31.2 Å². The van der Waals surface area contributed by atoms with Crippen molar-refractivity contribution in [2.45, 2.75) is 41.2 Å². The van der Waals surface area contributed by atoms with Crippen LogP contribution < -0.4 is 15.4 Å². The molecule has 2 amide bonds. The second kappa shape index (κ2) is 9.41. The molecule has 0 bridgehead atoms. The van der Waals surface area contributed by atoms with Gasteiger partial charge in [0.05, 0.1) is 21.6 Å². The van der Waals surface area contributed by atoms with Crippen LogP contribution in [-0.2, 0) is 19.4 Å². The van der Waals surface area contributed by atoms with Gasteiger partial charge in [0.1, 0.15) is 5.75 Å². The first-order valence-electron chi connectivity index (χ1n) is 9.47. The predicted octanol–water partition coefficient (Wildman–Crippen LogP) is 4.21. The van der Waals surface area contributed by atoms with Crippen LogP contribution in [0.1, 0.15) is 19.8 Å². The van der Waals surface area contributed by atoms with E-state index >= 15 is 0 Å². The molecule has 1 aliphatic heterocycles. The number of hydrogen-bond donors (Lipinski definition) is 2. The summed E-state index contributed by atoms with van der Waals surface area (Å²) >= 11 is 1.37. The lowest BCUT2D eigenvalue weighted by molar-refractivity contribution is -0.274. The highest BCUT2D eigenvalue weighted by atomic mass is 32.2. The molecule has 2 aromatic carbocycles. The number of fused-ring (bicyclic) bond motifs is 1. The molecule has 1 heterocycles. The molecule has 0 saturated heterocycles. The van der Waals surface area contributed by atoms with E-state index in [4.69, 9.17) is 0 Å². The molecule has 32 heavy (non-hydrogen) atoms. The molecule has 172 valence electrons. The van der Waals surface area contributed by atoms with Crippen LogP contribution in [0.25, 0.3) is 0 Å². The SMILES string of the molecule is CC[C@H]1Sc2ccc(S(=O)(=O)CCC(=O)Nc3ccc(OC(F)(F)F)cc3)cc2NC1=O. The van der Waals surface area contributed by atoms with Crippen LogP contribution in [0.3, 0.4) is 0 Å². The quantitative estimate of drug-likeness (QED) is 0.606. The topological polar surface area (TPSA) is 102 Å². The summed E-state index contributed by atoms with van der Waals surface area (Å²) in [7, 11) is -3.81. The highest BCUT2D eigenvalue weighted by Crippen LogP contribution is 2.38. The van der Waals surface area contributed by atoms with Crippen LogP contribution >= 0.6 is 11.8 Å². The second-order valence-corrected chi connectivity index (χ2v) is 10.2. The molecular weight excluding hydrogens is 469 g/mol. The Morgan fingerprint density at radius 3 is 2.50 bits per heavy atom. The highest BCUT2D eigenvalue weighted by Gasteiger charge is 2.31. The first-order valence-corrected chi connectivity index (χ1v) is 12.0. The molecule has 0 fully saturated rings. The van der Waals surface area contributed by atoms with Crippen molar-refractivity contribution in [3.05, 3.63) is 42.5 Å². The monoisotopic (exact) mass is 488 g/mol. The molecule has 0 unspecified atom stereocenters. The zero-order valence-electron chi connectivity index (χ0n) is 16.7. The fraction of sp³-hybridized carbons (Fsp3) is 0.300. The van der Waals surface area contributed by atoms with Crippen LogP contribution in [0.2, 0.25) is 0 Å². The molecule has 0 aliphatic carbocycles. The second-order valence-electron chi connectivity index (χ2n) is 6.85. The third-order valence-corrected chi connectivity index (χ3v) is 7.63. The van der Waals surface area contributed by atoms with E-state index in [2.05, 4.69) is 15.4 Å². The first kappa shape index (κ1) is 23.9. The number of nitrogens with one attached hydrogen (secondary N) is 2. The van der Waals surface area contributed by atoms with Crippen molar-refractivity contribution in [2.24, 2.45) is 0 Å². The number of sulfone groups is 1. The number of halogens is 3. The summed E-state index contributed by atoms with van der Waals surface area (Å²) in [6, 6.07) is 8.91. The summed E-state index contributed by atoms with van der Waals surface area (Å²) in [5.41, 5.74) is 0.609. The number of thioether (sulfide) groups is 1. The molecule has 7 nitrogen and oxygen atoms in total. The van der Waals surface area contributed by atoms with Gasteiger partial charge in [-0.05, 0) is 48.9 Å². The van der Waals surface area contributed by atoms with Gasteiger partial charge in [-0.25, -0.2) is 8.42 Å². The molecular formula is C20H19F3N2O5S2. The average molecular weight is 489 g/mol. The minimum absolute atomic E-state index is 0.0199. The van der Waals surface area contributed by atoms with E-state index < -0.39 is 33.6 Å². The smallest absolute Gasteiger partial charge is 0.406 e. The van der Waals surface area contributed by atoms with E-state index in [-0.39, 0.29) is 28.2 Å². The zero-order chi connectivity index (χ0) is 23.5. The van der Waals surface area contributed by atoms with Crippen molar-refractivity contribution in [2.75, 3.05) is 16.4 Å². The van der Waals surface area contributed by atoms with Crippen LogP contribution in [0, 0.1) is 0 Å². The van der Waals surface area contributed by atoms with Crippen molar-refractivity contribution in [3.8, 4) is 5.75 Å². The number of rotatable bonds is 7. The van der Waals surface area contributed by atoms with Gasteiger partial charge in [0.25, 0.3) is 0 Å². The Hall–Kier alpha value is -2.73. The van der Waals surface area contributed by atoms with Crippen LogP contribution in [-0.4, -0.2) is 37.6 Å². The lowest BCUT2D eigenvalue weighted by Gasteiger charge is -2.23. The summed E-state index contributed by atoms with van der Waals surface area (Å²) in [6.45, 7) is 1.89. The number of anilines is 2. The lowest BCUT2D eigenvalue weighted by atomic mass is 10.2. The predicted molar refractivity (Wildman–Crippen MR) is 113 cm³/mol. The molecule has 2 aromatic rings. The van der Waals surface area contributed by atoms with E-state index in [1.54, 1.807) is 6.07 Å². The lowest BCUT2D eigenvalue weighted by Crippen LogP contribution is -2.28. The van der Waals surface area contributed by atoms with Gasteiger partial charge >= 0.3 is 6.36 Å². The van der Waals surface area contributed by atoms with Crippen LogP contribution in [0.15, 0.2) is 52.3 Å². The van der Waals surface area contributed by atoms with Crippen LogP contribution in [0.4, 0.5) is 24.5 Å². The molecule has 1 atom stereocenters. The number of amides is 2. The van der Waals surface area contributed by atoms with Gasteiger partial charge in [0.15, 0.2) is 9.84 Å². The average Bonchev–Trinajstić information content (AvgIpc) is 2.72. The Labute approximate surface area is 186 Å². The molecule has 0 radical (unpaired) electrons.